The van der Waals surface area contributed by atoms with Crippen molar-refractivity contribution in [2.75, 3.05) is 0 Å². The average Bonchev–Trinajstić information content (AvgIpc) is 3.19. The third kappa shape index (κ3) is 5.84. The molecular weight excluding hydrogens is 536 g/mol. The summed E-state index contributed by atoms with van der Waals surface area (Å²) in [5, 5.41) is 41.3. The Hall–Kier alpha value is -0.150. The van der Waals surface area contributed by atoms with E-state index >= 15 is 0 Å². The lowest BCUT2D eigenvalue weighted by atomic mass is 9.47. The third-order valence-electron chi connectivity index (χ3n) is 12.8. The molecule has 0 aromatic heterocycles. The van der Waals surface area contributed by atoms with Gasteiger partial charge in [-0.25, -0.2) is 0 Å². The molecule has 6 nitrogen and oxygen atoms in total. The van der Waals surface area contributed by atoms with Gasteiger partial charge in [0, 0.05) is 0 Å². The second-order valence-electron chi connectivity index (χ2n) is 15.7. The van der Waals surface area contributed by atoms with Gasteiger partial charge in [-0.05, 0) is 97.2 Å². The highest BCUT2D eigenvalue weighted by Crippen LogP contribution is 2.68. The molecule has 1 aliphatic heterocycles. The third-order valence-corrected chi connectivity index (χ3v) is 13.2. The molecule has 0 amide bonds. The van der Waals surface area contributed by atoms with Crippen LogP contribution in [0.4, 0.5) is 0 Å². The van der Waals surface area contributed by atoms with Crippen LogP contribution < -0.4 is 0 Å². The second kappa shape index (κ2) is 12.3. The Balaban J connectivity index is 1.25. The van der Waals surface area contributed by atoms with E-state index in [1.165, 1.54) is 44.1 Å². The van der Waals surface area contributed by atoms with Crippen LogP contribution in [0.2, 0.25) is 0 Å². The fourth-order valence-electron chi connectivity index (χ4n) is 10.8. The first kappa shape index (κ1) is 32.2. The maximum absolute atomic E-state index is 10.8. The van der Waals surface area contributed by atoms with Gasteiger partial charge in [-0.1, -0.05) is 72.5 Å². The van der Waals surface area contributed by atoms with Crippen molar-refractivity contribution in [3.8, 4) is 0 Å². The second-order valence-corrected chi connectivity index (χ2v) is 16.2. The Bertz CT molecular complexity index is 942. The Morgan fingerprint density at radius 3 is 2.46 bits per heavy atom. The first-order valence-electron chi connectivity index (χ1n) is 16.7. The predicted octanol–water partition coefficient (Wildman–Crippen LogP) is 5.71. The van der Waals surface area contributed by atoms with Crippen molar-refractivity contribution >= 4 is 12.6 Å². The number of allylic oxidation sites excluding steroid dienone is 1. The molecule has 5 aliphatic rings. The van der Waals surface area contributed by atoms with Gasteiger partial charge in [-0.2, -0.15) is 0 Å². The van der Waals surface area contributed by atoms with Gasteiger partial charge in [0.05, 0.1) is 6.10 Å². The molecule has 41 heavy (non-hydrogen) atoms. The number of thiol groups is 1. The van der Waals surface area contributed by atoms with Crippen LogP contribution >= 0.6 is 12.6 Å². The molecule has 0 spiro atoms. The lowest BCUT2D eigenvalue weighted by Gasteiger charge is -2.58. The first-order valence-corrected chi connectivity index (χ1v) is 17.2. The molecule has 7 heteroatoms. The zero-order chi connectivity index (χ0) is 29.9. The molecule has 0 bridgehead atoms. The molecule has 4 fully saturated rings. The lowest BCUT2D eigenvalue weighted by molar-refractivity contribution is -0.277. The topological polar surface area (TPSA) is 99.4 Å². The summed E-state index contributed by atoms with van der Waals surface area (Å²) in [6.07, 6.45) is 7.52. The Labute approximate surface area is 254 Å². The van der Waals surface area contributed by atoms with Crippen molar-refractivity contribution in [2.45, 2.75) is 148 Å². The zero-order valence-electron chi connectivity index (χ0n) is 26.3. The van der Waals surface area contributed by atoms with E-state index in [0.717, 1.165) is 61.2 Å². The van der Waals surface area contributed by atoms with Gasteiger partial charge in [-0.3, -0.25) is 0 Å². The van der Waals surface area contributed by atoms with E-state index in [1.807, 2.05) is 0 Å². The smallest absolute Gasteiger partial charge is 0.184 e. The van der Waals surface area contributed by atoms with Crippen LogP contribution in [0.1, 0.15) is 106 Å². The number of rotatable bonds is 8. The summed E-state index contributed by atoms with van der Waals surface area (Å²) in [5.41, 5.74) is 1.11. The molecule has 5 unspecified atom stereocenters. The summed E-state index contributed by atoms with van der Waals surface area (Å²) in [4.78, 5) is 0. The van der Waals surface area contributed by atoms with Gasteiger partial charge in [0.2, 0.25) is 0 Å². The average molecular weight is 595 g/mol. The molecule has 4 N–H and O–H groups in total. The summed E-state index contributed by atoms with van der Waals surface area (Å²) in [7, 11) is 0. The molecular formula is C34H58O6S. The molecule has 5 rings (SSSR count). The number of hydrogen-bond donors (Lipinski definition) is 5. The number of ether oxygens (including phenoxy) is 2. The van der Waals surface area contributed by atoms with E-state index in [1.54, 1.807) is 0 Å². The summed E-state index contributed by atoms with van der Waals surface area (Å²) < 4.78 is 11.6. The summed E-state index contributed by atoms with van der Waals surface area (Å²) in [6.45, 7) is 14.9. The highest BCUT2D eigenvalue weighted by molar-refractivity contribution is 7.80. The van der Waals surface area contributed by atoms with E-state index in [0.29, 0.717) is 11.3 Å². The van der Waals surface area contributed by atoms with Crippen LogP contribution in [0, 0.1) is 52.3 Å². The Morgan fingerprint density at radius 2 is 1.76 bits per heavy atom. The van der Waals surface area contributed by atoms with Crippen molar-refractivity contribution in [3.63, 3.8) is 0 Å². The van der Waals surface area contributed by atoms with Crippen LogP contribution in [0.15, 0.2) is 11.6 Å². The lowest BCUT2D eigenvalue weighted by Crippen LogP contribution is -2.60. The fraction of sp³-hybridized carbons (Fsp3) is 0.941. The van der Waals surface area contributed by atoms with Crippen molar-refractivity contribution in [3.05, 3.63) is 11.6 Å². The zero-order valence-corrected chi connectivity index (χ0v) is 27.2. The van der Waals surface area contributed by atoms with Crippen LogP contribution in [-0.4, -0.2) is 62.7 Å². The van der Waals surface area contributed by atoms with Crippen LogP contribution in [0.25, 0.3) is 0 Å². The Kier molecular flexibility index (Phi) is 9.70. The molecule has 15 atom stereocenters. The minimum Gasteiger partial charge on any atom is -0.387 e. The van der Waals surface area contributed by atoms with Crippen molar-refractivity contribution in [1.82, 2.24) is 0 Å². The van der Waals surface area contributed by atoms with E-state index in [9.17, 15) is 20.4 Å². The fourth-order valence-corrected chi connectivity index (χ4v) is 11.1. The summed E-state index contributed by atoms with van der Waals surface area (Å²) in [5.74, 6) is 5.50. The molecule has 1 heterocycles. The predicted molar refractivity (Wildman–Crippen MR) is 164 cm³/mol. The summed E-state index contributed by atoms with van der Waals surface area (Å²) in [6, 6.07) is 0. The van der Waals surface area contributed by atoms with Gasteiger partial charge < -0.3 is 29.9 Å². The largest absolute Gasteiger partial charge is 0.387 e. The van der Waals surface area contributed by atoms with E-state index in [2.05, 4.69) is 60.2 Å². The first-order chi connectivity index (χ1) is 19.3. The molecule has 0 aromatic rings. The van der Waals surface area contributed by atoms with Gasteiger partial charge in [0.25, 0.3) is 0 Å². The van der Waals surface area contributed by atoms with Crippen molar-refractivity contribution in [1.29, 1.82) is 0 Å². The molecule has 3 saturated carbocycles. The highest BCUT2D eigenvalue weighted by atomic mass is 32.1. The van der Waals surface area contributed by atoms with Crippen LogP contribution in [-0.2, 0) is 9.47 Å². The number of aliphatic hydroxyl groups excluding tert-OH is 4. The normalized spacial score (nSPS) is 49.6. The minimum absolute atomic E-state index is 0.171. The van der Waals surface area contributed by atoms with Gasteiger partial charge in [0.1, 0.15) is 29.9 Å². The number of fused-ring (bicyclic) bond motifs is 5. The van der Waals surface area contributed by atoms with Gasteiger partial charge in [0.15, 0.2) is 6.29 Å². The maximum Gasteiger partial charge on any atom is 0.184 e. The van der Waals surface area contributed by atoms with Crippen LogP contribution in [0.3, 0.4) is 0 Å². The Morgan fingerprint density at radius 1 is 1.02 bits per heavy atom. The van der Waals surface area contributed by atoms with Crippen molar-refractivity contribution in [2.24, 2.45) is 52.3 Å². The molecule has 1 saturated heterocycles. The highest BCUT2D eigenvalue weighted by Gasteiger charge is 2.61. The van der Waals surface area contributed by atoms with Crippen LogP contribution in [0.5, 0.6) is 0 Å². The maximum atomic E-state index is 10.8. The number of aliphatic hydroxyl groups is 4. The standard InChI is InChI=1S/C34H58O6S/c1-18(2)8-7-9-19(3)26-20(4)16-25-23-11-10-21-17-22(12-14-33(21,5)24(23)13-15-34(25,26)6)39-31(38)30-28(36)27(35)29(37)32(41)40-30/h10,18-20,22-32,35-38,41H,7-9,11-17H2,1-6H3/t19-,20-,22-,23?,24?,25?,26?,27+,28-,29-,30-,31?,32+,33+,34+/m1/s1. The monoisotopic (exact) mass is 594 g/mol. The molecule has 0 aromatic carbocycles. The molecule has 4 aliphatic carbocycles. The summed E-state index contributed by atoms with van der Waals surface area (Å²) >= 11 is 4.15. The SMILES string of the molecule is CC(C)CCC[C@@H](C)C1[C@H](C)CC2C3CC=C4C[C@H](OC(O)[C@@H]5O[C@@H](S)[C@H](O)[C@@H](O)[C@H]5O)CC[C@]4(C)C3CC[C@@]21C. The van der Waals surface area contributed by atoms with E-state index < -0.39 is 36.1 Å². The van der Waals surface area contributed by atoms with Crippen molar-refractivity contribution < 1.29 is 29.9 Å². The van der Waals surface area contributed by atoms with Gasteiger partial charge in [-0.15, -0.1) is 12.6 Å². The quantitative estimate of drug-likeness (QED) is 0.140. The van der Waals surface area contributed by atoms with Gasteiger partial charge >= 0.3 is 0 Å². The minimum atomic E-state index is -1.45. The molecule has 0 radical (unpaired) electrons. The van der Waals surface area contributed by atoms with E-state index in [-0.39, 0.29) is 11.5 Å². The molecule has 236 valence electrons. The number of hydrogen-bond acceptors (Lipinski definition) is 7. The van der Waals surface area contributed by atoms with E-state index in [4.69, 9.17) is 9.47 Å².